The van der Waals surface area contributed by atoms with Crippen LogP contribution in [0.15, 0.2) is 42.5 Å². The molecule has 0 radical (unpaired) electrons. The summed E-state index contributed by atoms with van der Waals surface area (Å²) in [6.45, 7) is 6.75. The van der Waals surface area contributed by atoms with Gasteiger partial charge in [0.1, 0.15) is 5.75 Å². The van der Waals surface area contributed by atoms with Gasteiger partial charge in [0, 0.05) is 42.3 Å². The van der Waals surface area contributed by atoms with E-state index in [1.54, 1.807) is 12.0 Å². The minimum atomic E-state index is -2.76. The number of fused-ring (bicyclic) bond motifs is 2. The Morgan fingerprint density at radius 3 is 2.48 bits per heavy atom. The fourth-order valence-electron chi connectivity index (χ4n) is 7.13. The van der Waals surface area contributed by atoms with E-state index in [1.807, 2.05) is 67.4 Å². The minimum absolute atomic E-state index is 0.0802. The molecule has 3 heterocycles. The molecule has 0 aliphatic carbocycles. The highest BCUT2D eigenvalue weighted by Crippen LogP contribution is 2.60. The van der Waals surface area contributed by atoms with Gasteiger partial charge in [-0.25, -0.2) is 0 Å². The highest BCUT2D eigenvalue weighted by molar-refractivity contribution is 6.71. The molecule has 2 fully saturated rings. The molecule has 40 heavy (non-hydrogen) atoms. The standard InChI is InChI=1S/C31H42N2O6Si/c1-21-29(40(3,4)37)27(16-18-34)39-31(21)25-19-24(38-2)14-15-26(25)33(30(31)36)20-22-10-12-23(13-11-22)32-17-8-6-5-7-9-28(32)35/h10-15,19,21,27,29,34,37H,5-9,16-18,20H2,1-4H3/t21-,27+,29-,31+/m1/s1. The molecule has 2 aromatic rings. The third-order valence-electron chi connectivity index (χ3n) is 9.02. The van der Waals surface area contributed by atoms with Crippen molar-refractivity contribution in [3.05, 3.63) is 53.6 Å². The molecule has 0 saturated carbocycles. The van der Waals surface area contributed by atoms with Crippen LogP contribution in [0.3, 0.4) is 0 Å². The molecule has 0 unspecified atom stereocenters. The van der Waals surface area contributed by atoms with Gasteiger partial charge < -0.3 is 29.2 Å². The molecule has 2 aromatic carbocycles. The zero-order chi connectivity index (χ0) is 28.7. The minimum Gasteiger partial charge on any atom is -0.497 e. The van der Waals surface area contributed by atoms with Gasteiger partial charge in [-0.1, -0.05) is 31.9 Å². The van der Waals surface area contributed by atoms with Crippen molar-refractivity contribution in [2.24, 2.45) is 5.92 Å². The first-order valence-electron chi connectivity index (χ1n) is 14.5. The number of methoxy groups -OCH3 is 1. The number of benzene rings is 2. The van der Waals surface area contributed by atoms with E-state index in [4.69, 9.17) is 9.47 Å². The lowest BCUT2D eigenvalue weighted by Crippen LogP contribution is -2.46. The summed E-state index contributed by atoms with van der Waals surface area (Å²) in [6.07, 6.45) is 4.70. The second-order valence-electron chi connectivity index (χ2n) is 12.0. The Kier molecular flexibility index (Phi) is 8.12. The normalized spacial score (nSPS) is 27.2. The lowest BCUT2D eigenvalue weighted by Gasteiger charge is -2.32. The van der Waals surface area contributed by atoms with Crippen LogP contribution in [0.2, 0.25) is 18.6 Å². The molecule has 216 valence electrons. The number of hydrogen-bond donors (Lipinski definition) is 2. The Balaban J connectivity index is 1.48. The van der Waals surface area contributed by atoms with E-state index in [0.29, 0.717) is 25.1 Å². The maximum atomic E-state index is 14.4. The van der Waals surface area contributed by atoms with Gasteiger partial charge in [0.05, 0.1) is 25.4 Å². The number of rotatable bonds is 7. The van der Waals surface area contributed by atoms with Gasteiger partial charge in [-0.3, -0.25) is 9.59 Å². The first kappa shape index (κ1) is 28.8. The van der Waals surface area contributed by atoms with Gasteiger partial charge in [-0.15, -0.1) is 0 Å². The number of carbonyl (C=O) groups is 2. The van der Waals surface area contributed by atoms with E-state index in [0.717, 1.165) is 54.7 Å². The highest BCUT2D eigenvalue weighted by Gasteiger charge is 2.66. The topological polar surface area (TPSA) is 99.5 Å². The Labute approximate surface area is 238 Å². The van der Waals surface area contributed by atoms with Crippen molar-refractivity contribution in [1.82, 2.24) is 0 Å². The number of nitrogens with zero attached hydrogens (tertiary/aromatic N) is 2. The Hall–Kier alpha value is -2.72. The fraction of sp³-hybridized carbons (Fsp3) is 0.548. The van der Waals surface area contributed by atoms with Crippen molar-refractivity contribution >= 4 is 31.5 Å². The number of amides is 2. The fourth-order valence-corrected chi connectivity index (χ4v) is 9.74. The molecule has 3 aliphatic heterocycles. The number of aliphatic hydroxyl groups is 1. The lowest BCUT2D eigenvalue weighted by molar-refractivity contribution is -0.146. The summed E-state index contributed by atoms with van der Waals surface area (Å²) in [5.41, 5.74) is 1.86. The van der Waals surface area contributed by atoms with Gasteiger partial charge in [0.15, 0.2) is 13.9 Å². The molecular formula is C31H42N2O6Si. The first-order valence-corrected chi connectivity index (χ1v) is 17.5. The second-order valence-corrected chi connectivity index (χ2v) is 16.0. The summed E-state index contributed by atoms with van der Waals surface area (Å²) in [5.74, 6) is 0.352. The summed E-state index contributed by atoms with van der Waals surface area (Å²) in [4.78, 5) is 42.1. The molecule has 9 heteroatoms. The summed E-state index contributed by atoms with van der Waals surface area (Å²) < 4.78 is 12.2. The molecule has 0 aromatic heterocycles. The van der Waals surface area contributed by atoms with Crippen molar-refractivity contribution < 1.29 is 29.0 Å². The van der Waals surface area contributed by atoms with E-state index >= 15 is 0 Å². The van der Waals surface area contributed by atoms with E-state index < -0.39 is 20.0 Å². The van der Waals surface area contributed by atoms with Crippen molar-refractivity contribution in [2.45, 2.75) is 82.3 Å². The number of anilines is 2. The van der Waals surface area contributed by atoms with Gasteiger partial charge in [0.2, 0.25) is 5.91 Å². The number of ether oxygens (including phenoxy) is 2. The molecule has 8 nitrogen and oxygen atoms in total. The van der Waals surface area contributed by atoms with Crippen molar-refractivity contribution in [3.63, 3.8) is 0 Å². The smallest absolute Gasteiger partial charge is 0.264 e. The van der Waals surface area contributed by atoms with E-state index in [9.17, 15) is 19.5 Å². The molecule has 4 atom stereocenters. The Morgan fingerprint density at radius 2 is 1.80 bits per heavy atom. The predicted molar refractivity (Wildman–Crippen MR) is 157 cm³/mol. The number of aliphatic hydroxyl groups excluding tert-OH is 1. The molecule has 2 saturated heterocycles. The number of carbonyl (C=O) groups excluding carboxylic acids is 2. The van der Waals surface area contributed by atoms with Crippen molar-refractivity contribution in [3.8, 4) is 5.75 Å². The summed E-state index contributed by atoms with van der Waals surface area (Å²) in [7, 11) is -1.16. The third kappa shape index (κ3) is 4.97. The summed E-state index contributed by atoms with van der Waals surface area (Å²) >= 11 is 0. The molecule has 2 amide bonds. The van der Waals surface area contributed by atoms with Gasteiger partial charge in [0.25, 0.3) is 5.91 Å². The van der Waals surface area contributed by atoms with Gasteiger partial charge in [-0.05, 0) is 68.3 Å². The molecule has 0 bridgehead atoms. The maximum absolute atomic E-state index is 14.4. The van der Waals surface area contributed by atoms with E-state index in [2.05, 4.69) is 0 Å². The average Bonchev–Trinajstić information content (AvgIpc) is 3.33. The summed E-state index contributed by atoms with van der Waals surface area (Å²) in [5, 5.41) is 9.79. The molecule has 5 rings (SSSR count). The van der Waals surface area contributed by atoms with Gasteiger partial charge in [-0.2, -0.15) is 0 Å². The van der Waals surface area contributed by atoms with Crippen molar-refractivity contribution in [1.29, 1.82) is 0 Å². The average molecular weight is 567 g/mol. The van der Waals surface area contributed by atoms with Crippen LogP contribution in [0.5, 0.6) is 5.75 Å². The molecule has 2 N–H and O–H groups in total. The van der Waals surface area contributed by atoms with Crippen LogP contribution in [0.25, 0.3) is 0 Å². The largest absolute Gasteiger partial charge is 0.497 e. The first-order chi connectivity index (χ1) is 19.1. The SMILES string of the molecule is COc1ccc2c(c1)[C@]1(O[C@@H](CCO)[C@H]([Si](C)(C)O)[C@H]1C)C(=O)N2Cc1ccc(N2CCCCCCC2=O)cc1. The monoisotopic (exact) mass is 566 g/mol. The Morgan fingerprint density at radius 1 is 1.07 bits per heavy atom. The van der Waals surface area contributed by atoms with Crippen LogP contribution in [0, 0.1) is 5.92 Å². The van der Waals surface area contributed by atoms with E-state index in [-0.39, 0.29) is 29.9 Å². The van der Waals surface area contributed by atoms with Gasteiger partial charge >= 0.3 is 0 Å². The highest BCUT2D eigenvalue weighted by atomic mass is 28.4. The maximum Gasteiger partial charge on any atom is 0.264 e. The molecular weight excluding hydrogens is 524 g/mol. The Bertz CT molecular complexity index is 1250. The van der Waals surface area contributed by atoms with Crippen LogP contribution in [-0.2, 0) is 26.5 Å². The second kappa shape index (κ2) is 11.3. The third-order valence-corrected chi connectivity index (χ3v) is 11.5. The van der Waals surface area contributed by atoms with Crippen LogP contribution in [0.4, 0.5) is 11.4 Å². The molecule has 1 spiro atoms. The quantitative estimate of drug-likeness (QED) is 0.471. The lowest BCUT2D eigenvalue weighted by atomic mass is 9.82. The zero-order valence-electron chi connectivity index (χ0n) is 24.1. The van der Waals surface area contributed by atoms with Crippen molar-refractivity contribution in [2.75, 3.05) is 30.1 Å². The van der Waals surface area contributed by atoms with E-state index in [1.165, 1.54) is 0 Å². The van der Waals surface area contributed by atoms with Crippen LogP contribution in [-0.4, -0.2) is 56.4 Å². The van der Waals surface area contributed by atoms with Crippen LogP contribution in [0.1, 0.15) is 56.6 Å². The number of hydrogen-bond acceptors (Lipinski definition) is 6. The predicted octanol–water partition coefficient (Wildman–Crippen LogP) is 4.72. The van der Waals surface area contributed by atoms with Crippen LogP contribution >= 0.6 is 0 Å². The van der Waals surface area contributed by atoms with Crippen LogP contribution < -0.4 is 14.5 Å². The molecule has 3 aliphatic rings. The zero-order valence-corrected chi connectivity index (χ0v) is 25.1. The summed E-state index contributed by atoms with van der Waals surface area (Å²) in [6, 6.07) is 13.6.